The van der Waals surface area contributed by atoms with Gasteiger partial charge in [-0.3, -0.25) is 10.1 Å². The summed E-state index contributed by atoms with van der Waals surface area (Å²) in [7, 11) is 2.06. The molecule has 0 fully saturated rings. The molecule has 94 valence electrons. The zero-order valence-corrected chi connectivity index (χ0v) is 10.6. The summed E-state index contributed by atoms with van der Waals surface area (Å²) in [6.45, 7) is 6.78. The molecule has 0 aliphatic heterocycles. The van der Waals surface area contributed by atoms with Gasteiger partial charge in [-0.25, -0.2) is 0 Å². The zero-order chi connectivity index (χ0) is 12.8. The van der Waals surface area contributed by atoms with E-state index in [0.29, 0.717) is 0 Å². The van der Waals surface area contributed by atoms with Crippen LogP contribution < -0.4 is 5.32 Å². The van der Waals surface area contributed by atoms with Crippen LogP contribution in [0.2, 0.25) is 0 Å². The van der Waals surface area contributed by atoms with Crippen molar-refractivity contribution in [3.05, 3.63) is 33.9 Å². The minimum absolute atomic E-state index is 0.138. The lowest BCUT2D eigenvalue weighted by atomic mass is 10.2. The van der Waals surface area contributed by atoms with Gasteiger partial charge in [0.2, 0.25) is 0 Å². The van der Waals surface area contributed by atoms with Gasteiger partial charge in [0.1, 0.15) is 0 Å². The third-order valence-corrected chi connectivity index (χ3v) is 2.77. The molecule has 0 bridgehead atoms. The number of rotatable bonds is 6. The van der Waals surface area contributed by atoms with Gasteiger partial charge >= 0.3 is 0 Å². The summed E-state index contributed by atoms with van der Waals surface area (Å²) in [5, 5.41) is 13.9. The number of likely N-dealkylation sites (N-methyl/N-ethyl adjacent to an activating group) is 1. The predicted molar refractivity (Wildman–Crippen MR) is 69.5 cm³/mol. The number of non-ortho nitro benzene ring substituents is 1. The van der Waals surface area contributed by atoms with Gasteiger partial charge in [-0.1, -0.05) is 6.92 Å². The molecule has 0 heterocycles. The standard InChI is InChI=1S/C12H19N3O2/c1-4-14(3)8-7-13-12-6-5-11(15(16)17)9-10(12)2/h5-6,9,13H,4,7-8H2,1-3H3. The highest BCUT2D eigenvalue weighted by atomic mass is 16.6. The molecule has 0 amide bonds. The van der Waals surface area contributed by atoms with E-state index in [2.05, 4.69) is 24.2 Å². The van der Waals surface area contributed by atoms with Crippen LogP contribution in [0.15, 0.2) is 18.2 Å². The third-order valence-electron chi connectivity index (χ3n) is 2.77. The largest absolute Gasteiger partial charge is 0.384 e. The van der Waals surface area contributed by atoms with E-state index in [-0.39, 0.29) is 10.6 Å². The molecule has 0 atom stereocenters. The second-order valence-corrected chi connectivity index (χ2v) is 4.08. The van der Waals surface area contributed by atoms with Crippen LogP contribution in [0.5, 0.6) is 0 Å². The lowest BCUT2D eigenvalue weighted by molar-refractivity contribution is -0.384. The average Bonchev–Trinajstić information content (AvgIpc) is 2.30. The fraction of sp³-hybridized carbons (Fsp3) is 0.500. The quantitative estimate of drug-likeness (QED) is 0.609. The summed E-state index contributed by atoms with van der Waals surface area (Å²) in [6, 6.07) is 4.88. The first kappa shape index (κ1) is 13.4. The minimum Gasteiger partial charge on any atom is -0.384 e. The summed E-state index contributed by atoms with van der Waals surface area (Å²) in [6.07, 6.45) is 0. The fourth-order valence-corrected chi connectivity index (χ4v) is 1.50. The van der Waals surface area contributed by atoms with Crippen molar-refractivity contribution in [3.63, 3.8) is 0 Å². The zero-order valence-electron chi connectivity index (χ0n) is 10.6. The van der Waals surface area contributed by atoms with Crippen molar-refractivity contribution in [2.75, 3.05) is 32.0 Å². The van der Waals surface area contributed by atoms with E-state index < -0.39 is 0 Å². The lowest BCUT2D eigenvalue weighted by Crippen LogP contribution is -2.24. The predicted octanol–water partition coefficient (Wildman–Crippen LogP) is 2.27. The summed E-state index contributed by atoms with van der Waals surface area (Å²) >= 11 is 0. The maximum absolute atomic E-state index is 10.6. The maximum atomic E-state index is 10.6. The van der Waals surface area contributed by atoms with Crippen molar-refractivity contribution in [1.82, 2.24) is 4.90 Å². The molecule has 1 N–H and O–H groups in total. The van der Waals surface area contributed by atoms with Crippen LogP contribution in [0.1, 0.15) is 12.5 Å². The van der Waals surface area contributed by atoms with Crippen LogP contribution in [0.4, 0.5) is 11.4 Å². The number of hydrogen-bond donors (Lipinski definition) is 1. The van der Waals surface area contributed by atoms with Gasteiger partial charge in [-0.15, -0.1) is 0 Å². The van der Waals surface area contributed by atoms with E-state index in [1.807, 2.05) is 6.92 Å². The van der Waals surface area contributed by atoms with Gasteiger partial charge in [0.25, 0.3) is 5.69 Å². The monoisotopic (exact) mass is 237 g/mol. The Labute approximate surface area is 102 Å². The molecule has 1 aromatic carbocycles. The van der Waals surface area contributed by atoms with Gasteiger partial charge in [-0.05, 0) is 32.1 Å². The van der Waals surface area contributed by atoms with Crippen molar-refractivity contribution >= 4 is 11.4 Å². The molecule has 1 rings (SSSR count). The molecule has 0 aliphatic rings. The molecule has 0 aliphatic carbocycles. The third kappa shape index (κ3) is 4.03. The molecule has 5 heteroatoms. The number of nitrogens with one attached hydrogen (secondary N) is 1. The highest BCUT2D eigenvalue weighted by molar-refractivity contribution is 5.55. The van der Waals surface area contributed by atoms with E-state index in [9.17, 15) is 10.1 Å². The Kier molecular flexibility index (Phi) is 4.90. The minimum atomic E-state index is -0.373. The summed E-state index contributed by atoms with van der Waals surface area (Å²) in [4.78, 5) is 12.4. The maximum Gasteiger partial charge on any atom is 0.269 e. The smallest absolute Gasteiger partial charge is 0.269 e. The van der Waals surface area contributed by atoms with Gasteiger partial charge in [0, 0.05) is 30.9 Å². The van der Waals surface area contributed by atoms with Gasteiger partial charge in [0.15, 0.2) is 0 Å². The molecule has 0 aromatic heterocycles. The Hall–Kier alpha value is -1.62. The summed E-state index contributed by atoms with van der Waals surface area (Å²) in [5.74, 6) is 0. The summed E-state index contributed by atoms with van der Waals surface area (Å²) < 4.78 is 0. The second kappa shape index (κ2) is 6.20. The Bertz CT molecular complexity index is 393. The number of nitro groups is 1. The van der Waals surface area contributed by atoms with Crippen LogP contribution >= 0.6 is 0 Å². The van der Waals surface area contributed by atoms with E-state index in [0.717, 1.165) is 30.9 Å². The first-order chi connectivity index (χ1) is 8.04. The highest BCUT2D eigenvalue weighted by Gasteiger charge is 2.07. The van der Waals surface area contributed by atoms with Crippen molar-refractivity contribution in [3.8, 4) is 0 Å². The molecule has 0 unspecified atom stereocenters. The molecule has 1 aromatic rings. The highest BCUT2D eigenvalue weighted by Crippen LogP contribution is 2.20. The number of aryl methyl sites for hydroxylation is 1. The Morgan fingerprint density at radius 3 is 2.71 bits per heavy atom. The van der Waals surface area contributed by atoms with Gasteiger partial charge in [0.05, 0.1) is 4.92 Å². The Balaban J connectivity index is 2.57. The normalized spacial score (nSPS) is 10.6. The molecular weight excluding hydrogens is 218 g/mol. The number of nitrogens with zero attached hydrogens (tertiary/aromatic N) is 2. The van der Waals surface area contributed by atoms with E-state index >= 15 is 0 Å². The van der Waals surface area contributed by atoms with Gasteiger partial charge < -0.3 is 10.2 Å². The first-order valence-corrected chi connectivity index (χ1v) is 5.72. The number of nitro benzene ring substituents is 1. The molecule has 0 spiro atoms. The fourth-order valence-electron chi connectivity index (χ4n) is 1.50. The van der Waals surface area contributed by atoms with Crippen LogP contribution in [-0.4, -0.2) is 36.5 Å². The van der Waals surface area contributed by atoms with Crippen molar-refractivity contribution in [2.24, 2.45) is 0 Å². The molecule has 0 saturated heterocycles. The molecule has 17 heavy (non-hydrogen) atoms. The van der Waals surface area contributed by atoms with Gasteiger partial charge in [-0.2, -0.15) is 0 Å². The number of benzene rings is 1. The van der Waals surface area contributed by atoms with Crippen LogP contribution in [0.3, 0.4) is 0 Å². The van der Waals surface area contributed by atoms with Crippen molar-refractivity contribution in [2.45, 2.75) is 13.8 Å². The molecule has 5 nitrogen and oxygen atoms in total. The Morgan fingerprint density at radius 2 is 2.18 bits per heavy atom. The van der Waals surface area contributed by atoms with Crippen LogP contribution in [-0.2, 0) is 0 Å². The molecular formula is C12H19N3O2. The molecule has 0 radical (unpaired) electrons. The first-order valence-electron chi connectivity index (χ1n) is 5.72. The lowest BCUT2D eigenvalue weighted by Gasteiger charge is -2.15. The van der Waals surface area contributed by atoms with Crippen molar-refractivity contribution < 1.29 is 4.92 Å². The Morgan fingerprint density at radius 1 is 1.47 bits per heavy atom. The number of anilines is 1. The van der Waals surface area contributed by atoms with Crippen LogP contribution in [0.25, 0.3) is 0 Å². The van der Waals surface area contributed by atoms with Crippen molar-refractivity contribution in [1.29, 1.82) is 0 Å². The van der Waals surface area contributed by atoms with Crippen LogP contribution in [0, 0.1) is 17.0 Å². The van der Waals surface area contributed by atoms with E-state index in [4.69, 9.17) is 0 Å². The second-order valence-electron chi connectivity index (χ2n) is 4.08. The number of hydrogen-bond acceptors (Lipinski definition) is 4. The van der Waals surface area contributed by atoms with E-state index in [1.54, 1.807) is 12.1 Å². The summed E-state index contributed by atoms with van der Waals surface area (Å²) in [5.41, 5.74) is 2.00. The average molecular weight is 237 g/mol. The topological polar surface area (TPSA) is 58.4 Å². The van der Waals surface area contributed by atoms with E-state index in [1.165, 1.54) is 6.07 Å². The molecule has 0 saturated carbocycles. The SMILES string of the molecule is CCN(C)CCNc1ccc([N+](=O)[O-])cc1C.